The number of fused-ring (bicyclic) bond motifs is 1. The van der Waals surface area contributed by atoms with E-state index >= 15 is 0 Å². The van der Waals surface area contributed by atoms with E-state index in [4.69, 9.17) is 0 Å². The van der Waals surface area contributed by atoms with Crippen LogP contribution in [0.25, 0.3) is 21.6 Å². The molecule has 4 rings (SSSR count). The zero-order chi connectivity index (χ0) is 17.2. The first-order chi connectivity index (χ1) is 12.2. The molecule has 2 aromatic heterocycles. The van der Waals surface area contributed by atoms with Crippen LogP contribution in [0.15, 0.2) is 48.5 Å². The number of amides is 1. The fraction of sp³-hybridized carbons (Fsp3) is 0.118. The molecule has 7 nitrogen and oxygen atoms in total. The molecule has 2 heterocycles. The number of rotatable bonds is 4. The first kappa shape index (κ1) is 15.4. The highest BCUT2D eigenvalue weighted by molar-refractivity contribution is 7.22. The van der Waals surface area contributed by atoms with E-state index in [2.05, 4.69) is 25.7 Å². The normalized spacial score (nSPS) is 10.9. The van der Waals surface area contributed by atoms with E-state index < -0.39 is 0 Å². The summed E-state index contributed by atoms with van der Waals surface area (Å²) >= 11 is 1.44. The Labute approximate surface area is 147 Å². The van der Waals surface area contributed by atoms with E-state index in [0.29, 0.717) is 11.0 Å². The fourth-order valence-corrected chi connectivity index (χ4v) is 3.40. The predicted molar refractivity (Wildman–Crippen MR) is 96.2 cm³/mol. The zero-order valence-corrected chi connectivity index (χ0v) is 14.2. The van der Waals surface area contributed by atoms with E-state index in [1.54, 1.807) is 0 Å². The maximum absolute atomic E-state index is 12.2. The summed E-state index contributed by atoms with van der Waals surface area (Å²) in [6.07, 6.45) is 0. The first-order valence-corrected chi connectivity index (χ1v) is 8.50. The molecule has 0 saturated heterocycles. The minimum atomic E-state index is -0.242. The van der Waals surface area contributed by atoms with Crippen molar-refractivity contribution >= 4 is 32.6 Å². The lowest BCUT2D eigenvalue weighted by molar-refractivity contribution is -0.117. The lowest BCUT2D eigenvalue weighted by Gasteiger charge is -1.99. The van der Waals surface area contributed by atoms with Gasteiger partial charge in [0.1, 0.15) is 6.54 Å². The molecule has 0 aliphatic heterocycles. The van der Waals surface area contributed by atoms with Gasteiger partial charge in [-0.3, -0.25) is 4.79 Å². The van der Waals surface area contributed by atoms with Crippen LogP contribution < -0.4 is 5.32 Å². The predicted octanol–water partition coefficient (Wildman–Crippen LogP) is 2.90. The molecule has 25 heavy (non-hydrogen) atoms. The van der Waals surface area contributed by atoms with Crippen molar-refractivity contribution in [3.63, 3.8) is 0 Å². The monoisotopic (exact) mass is 350 g/mol. The molecule has 1 N–H and O–H groups in total. The van der Waals surface area contributed by atoms with Crippen molar-refractivity contribution in [2.45, 2.75) is 13.5 Å². The lowest BCUT2D eigenvalue weighted by atomic mass is 10.2. The summed E-state index contributed by atoms with van der Waals surface area (Å²) in [6, 6.07) is 15.5. The molecular formula is C17H14N6OS. The number of nitrogens with zero attached hydrogens (tertiary/aromatic N) is 5. The van der Waals surface area contributed by atoms with Crippen LogP contribution in [0.5, 0.6) is 0 Å². The Morgan fingerprint density at radius 1 is 1.16 bits per heavy atom. The van der Waals surface area contributed by atoms with Gasteiger partial charge in [0.2, 0.25) is 11.7 Å². The van der Waals surface area contributed by atoms with Crippen LogP contribution in [0.1, 0.15) is 5.56 Å². The van der Waals surface area contributed by atoms with Gasteiger partial charge in [-0.15, -0.1) is 10.2 Å². The van der Waals surface area contributed by atoms with Crippen molar-refractivity contribution in [1.82, 2.24) is 25.2 Å². The van der Waals surface area contributed by atoms with Crippen LogP contribution in [0.4, 0.5) is 5.13 Å². The number of para-hydroxylation sites is 1. The van der Waals surface area contributed by atoms with E-state index in [-0.39, 0.29) is 12.5 Å². The number of tetrazole rings is 1. The van der Waals surface area contributed by atoms with Gasteiger partial charge in [-0.1, -0.05) is 53.8 Å². The summed E-state index contributed by atoms with van der Waals surface area (Å²) < 4.78 is 1.04. The number of carbonyl (C=O) groups excluding carboxylic acids is 1. The second-order valence-corrected chi connectivity index (χ2v) is 6.53. The van der Waals surface area contributed by atoms with Crippen LogP contribution in [0.3, 0.4) is 0 Å². The second-order valence-electron chi connectivity index (χ2n) is 5.50. The van der Waals surface area contributed by atoms with Crippen molar-refractivity contribution in [2.24, 2.45) is 0 Å². The van der Waals surface area contributed by atoms with Crippen molar-refractivity contribution in [1.29, 1.82) is 0 Å². The number of anilines is 1. The van der Waals surface area contributed by atoms with Crippen LogP contribution in [0, 0.1) is 6.92 Å². The average Bonchev–Trinajstić information content (AvgIpc) is 3.23. The quantitative estimate of drug-likeness (QED) is 0.612. The fourth-order valence-electron chi connectivity index (χ4n) is 2.44. The third-order valence-corrected chi connectivity index (χ3v) is 4.57. The van der Waals surface area contributed by atoms with Gasteiger partial charge in [-0.2, -0.15) is 4.80 Å². The Morgan fingerprint density at radius 2 is 2.00 bits per heavy atom. The Kier molecular flexibility index (Phi) is 3.95. The van der Waals surface area contributed by atoms with Crippen molar-refractivity contribution in [2.75, 3.05) is 5.32 Å². The summed E-state index contributed by atoms with van der Waals surface area (Å²) in [6.45, 7) is 1.98. The zero-order valence-electron chi connectivity index (χ0n) is 13.4. The minimum Gasteiger partial charge on any atom is -0.300 e. The second kappa shape index (κ2) is 6.40. The van der Waals surface area contributed by atoms with Crippen molar-refractivity contribution < 1.29 is 4.79 Å². The highest BCUT2D eigenvalue weighted by Crippen LogP contribution is 2.27. The van der Waals surface area contributed by atoms with E-state index in [9.17, 15) is 4.79 Å². The largest absolute Gasteiger partial charge is 0.300 e. The van der Waals surface area contributed by atoms with Crippen LogP contribution in [-0.4, -0.2) is 31.1 Å². The molecule has 0 aliphatic carbocycles. The SMILES string of the molecule is Cc1cccc2sc(NC(=O)Cn3nnc(-c4ccccc4)n3)nc12. The van der Waals surface area contributed by atoms with E-state index in [0.717, 1.165) is 21.3 Å². The number of thiazole rings is 1. The summed E-state index contributed by atoms with van der Waals surface area (Å²) in [4.78, 5) is 18.0. The molecule has 124 valence electrons. The number of hydrogen-bond acceptors (Lipinski definition) is 6. The molecule has 0 spiro atoms. The maximum Gasteiger partial charge on any atom is 0.249 e. The van der Waals surface area contributed by atoms with Gasteiger partial charge in [0.05, 0.1) is 10.2 Å². The van der Waals surface area contributed by atoms with Crippen molar-refractivity contribution in [3.05, 3.63) is 54.1 Å². The summed E-state index contributed by atoms with van der Waals surface area (Å²) in [5, 5.41) is 15.5. The van der Waals surface area contributed by atoms with Gasteiger partial charge in [-0.05, 0) is 23.8 Å². The third-order valence-electron chi connectivity index (χ3n) is 3.64. The molecule has 2 aromatic carbocycles. The highest BCUT2D eigenvalue weighted by atomic mass is 32.1. The summed E-state index contributed by atoms with van der Waals surface area (Å²) in [5.41, 5.74) is 2.85. The Morgan fingerprint density at radius 3 is 2.80 bits per heavy atom. The molecule has 1 amide bonds. The number of hydrogen-bond donors (Lipinski definition) is 1. The maximum atomic E-state index is 12.2. The molecule has 0 atom stereocenters. The summed E-state index contributed by atoms with van der Waals surface area (Å²) in [5.74, 6) is 0.248. The lowest BCUT2D eigenvalue weighted by Crippen LogP contribution is -2.20. The Balaban J connectivity index is 1.47. The Hall–Kier alpha value is -3.13. The van der Waals surface area contributed by atoms with Crippen molar-refractivity contribution in [3.8, 4) is 11.4 Å². The molecular weight excluding hydrogens is 336 g/mol. The van der Waals surface area contributed by atoms with Crippen LogP contribution in [0.2, 0.25) is 0 Å². The minimum absolute atomic E-state index is 0.0191. The third kappa shape index (κ3) is 3.24. The number of carbonyl (C=O) groups is 1. The smallest absolute Gasteiger partial charge is 0.249 e. The highest BCUT2D eigenvalue weighted by Gasteiger charge is 2.12. The summed E-state index contributed by atoms with van der Waals surface area (Å²) in [7, 11) is 0. The van der Waals surface area contributed by atoms with Gasteiger partial charge in [0.15, 0.2) is 5.13 Å². The standard InChI is InChI=1S/C17H14N6OS/c1-11-6-5-9-13-15(11)19-17(25-13)18-14(24)10-23-21-16(20-22-23)12-7-3-2-4-8-12/h2-9H,10H2,1H3,(H,18,19,24). The Bertz CT molecular complexity index is 1040. The average molecular weight is 350 g/mol. The van der Waals surface area contributed by atoms with Gasteiger partial charge < -0.3 is 5.32 Å². The molecule has 4 aromatic rings. The van der Waals surface area contributed by atoms with Gasteiger partial charge in [0, 0.05) is 5.56 Å². The first-order valence-electron chi connectivity index (χ1n) is 7.68. The molecule has 0 aliphatic rings. The van der Waals surface area contributed by atoms with Gasteiger partial charge in [0.25, 0.3) is 0 Å². The van der Waals surface area contributed by atoms with E-state index in [1.807, 2.05) is 55.5 Å². The molecule has 0 bridgehead atoms. The van der Waals surface area contributed by atoms with Gasteiger partial charge >= 0.3 is 0 Å². The van der Waals surface area contributed by atoms with Crippen LogP contribution in [-0.2, 0) is 11.3 Å². The number of aryl methyl sites for hydroxylation is 1. The molecule has 0 fully saturated rings. The van der Waals surface area contributed by atoms with Crippen LogP contribution >= 0.6 is 11.3 Å². The topological polar surface area (TPSA) is 85.6 Å². The molecule has 8 heteroatoms. The molecule has 0 radical (unpaired) electrons. The molecule has 0 saturated carbocycles. The number of aromatic nitrogens is 5. The number of nitrogens with one attached hydrogen (secondary N) is 1. The number of benzene rings is 2. The van der Waals surface area contributed by atoms with E-state index in [1.165, 1.54) is 16.1 Å². The molecule has 0 unspecified atom stereocenters. The van der Waals surface area contributed by atoms with Gasteiger partial charge in [-0.25, -0.2) is 4.98 Å².